The maximum atomic E-state index is 12.9. The molecular formula is C22H19Cl2NO. The zero-order chi connectivity index (χ0) is 18.3. The van der Waals surface area contributed by atoms with Gasteiger partial charge >= 0.3 is 0 Å². The third kappa shape index (κ3) is 2.78. The molecule has 1 aliphatic rings. The normalized spacial score (nSPS) is 16.8. The second-order valence-electron chi connectivity index (χ2n) is 6.66. The van der Waals surface area contributed by atoms with Crippen LogP contribution >= 0.6 is 23.2 Å². The van der Waals surface area contributed by atoms with Crippen molar-refractivity contribution in [3.63, 3.8) is 0 Å². The highest BCUT2D eigenvalue weighted by Gasteiger charge is 2.34. The Kier molecular flexibility index (Phi) is 4.64. The molecule has 3 aromatic rings. The Bertz CT molecular complexity index is 999. The summed E-state index contributed by atoms with van der Waals surface area (Å²) in [7, 11) is 0. The molecule has 1 unspecified atom stereocenters. The lowest BCUT2D eigenvalue weighted by Gasteiger charge is -2.35. The number of benzene rings is 3. The van der Waals surface area contributed by atoms with E-state index in [1.54, 1.807) is 6.07 Å². The number of nitrogens with zero attached hydrogens (tertiary/aromatic N) is 1. The summed E-state index contributed by atoms with van der Waals surface area (Å²) in [5, 5.41) is 3.39. The zero-order valence-electron chi connectivity index (χ0n) is 14.5. The Morgan fingerprint density at radius 3 is 2.65 bits per heavy atom. The Hall–Kier alpha value is -2.03. The van der Waals surface area contributed by atoms with Crippen LogP contribution < -0.4 is 4.90 Å². The third-order valence-corrected chi connectivity index (χ3v) is 5.90. The number of hydrogen-bond donors (Lipinski definition) is 0. The van der Waals surface area contributed by atoms with Gasteiger partial charge in [0, 0.05) is 24.6 Å². The molecule has 2 nitrogen and oxygen atoms in total. The van der Waals surface area contributed by atoms with E-state index in [-0.39, 0.29) is 11.8 Å². The van der Waals surface area contributed by atoms with Crippen molar-refractivity contribution in [1.29, 1.82) is 0 Å². The average molecular weight is 384 g/mol. The number of carbonyl (C=O) groups excluding carboxylic acids is 1. The molecule has 3 aromatic carbocycles. The minimum Gasteiger partial charge on any atom is -0.312 e. The maximum absolute atomic E-state index is 12.9. The van der Waals surface area contributed by atoms with Crippen LogP contribution in [0.1, 0.15) is 36.8 Å². The molecule has 0 fully saturated rings. The number of halogens is 2. The number of rotatable bonds is 3. The first kappa shape index (κ1) is 17.4. The van der Waals surface area contributed by atoms with Gasteiger partial charge in [-0.3, -0.25) is 4.79 Å². The molecule has 1 amide bonds. The topological polar surface area (TPSA) is 20.3 Å². The van der Waals surface area contributed by atoms with Gasteiger partial charge in [0.1, 0.15) is 0 Å². The fourth-order valence-electron chi connectivity index (χ4n) is 3.93. The molecule has 0 spiro atoms. The van der Waals surface area contributed by atoms with Crippen molar-refractivity contribution < 1.29 is 4.79 Å². The Balaban J connectivity index is 2.01. The molecule has 0 aliphatic carbocycles. The molecule has 1 heterocycles. The van der Waals surface area contributed by atoms with Gasteiger partial charge in [0.25, 0.3) is 0 Å². The summed E-state index contributed by atoms with van der Waals surface area (Å²) in [6.45, 7) is 2.81. The summed E-state index contributed by atoms with van der Waals surface area (Å²) in [4.78, 5) is 14.8. The van der Waals surface area contributed by atoms with Crippen molar-refractivity contribution >= 4 is 45.6 Å². The number of amides is 1. The van der Waals surface area contributed by atoms with E-state index in [0.717, 1.165) is 24.2 Å². The molecule has 0 radical (unpaired) electrons. The molecule has 132 valence electrons. The van der Waals surface area contributed by atoms with E-state index in [4.69, 9.17) is 23.2 Å². The van der Waals surface area contributed by atoms with Gasteiger partial charge in [-0.1, -0.05) is 72.6 Å². The van der Waals surface area contributed by atoms with E-state index in [0.29, 0.717) is 16.5 Å². The highest BCUT2D eigenvalue weighted by molar-refractivity contribution is 6.42. The predicted molar refractivity (Wildman–Crippen MR) is 110 cm³/mol. The summed E-state index contributed by atoms with van der Waals surface area (Å²) in [5.41, 5.74) is 3.07. The van der Waals surface area contributed by atoms with E-state index in [9.17, 15) is 4.79 Å². The van der Waals surface area contributed by atoms with Gasteiger partial charge in [-0.05, 0) is 40.5 Å². The molecule has 26 heavy (non-hydrogen) atoms. The summed E-state index contributed by atoms with van der Waals surface area (Å²) in [5.74, 6) is 0.0404. The molecule has 4 rings (SSSR count). The number of fused-ring (bicyclic) bond motifs is 3. The van der Waals surface area contributed by atoms with Crippen molar-refractivity contribution in [1.82, 2.24) is 0 Å². The quantitative estimate of drug-likeness (QED) is 0.510. The predicted octanol–water partition coefficient (Wildman–Crippen LogP) is 6.43. The van der Waals surface area contributed by atoms with Crippen molar-refractivity contribution in [3.8, 4) is 0 Å². The molecule has 0 bridgehead atoms. The lowest BCUT2D eigenvalue weighted by atomic mass is 9.81. The highest BCUT2D eigenvalue weighted by atomic mass is 35.5. The van der Waals surface area contributed by atoms with Crippen LogP contribution in [-0.2, 0) is 4.79 Å². The minimum absolute atomic E-state index is 0.0945. The van der Waals surface area contributed by atoms with Crippen molar-refractivity contribution in [2.75, 3.05) is 11.4 Å². The van der Waals surface area contributed by atoms with E-state index in [2.05, 4.69) is 31.2 Å². The Labute approximate surface area is 163 Å². The van der Waals surface area contributed by atoms with Crippen LogP contribution in [0, 0.1) is 0 Å². The first-order valence-corrected chi connectivity index (χ1v) is 9.63. The first-order chi connectivity index (χ1) is 12.6. The molecule has 1 atom stereocenters. The van der Waals surface area contributed by atoms with E-state index in [1.807, 2.05) is 29.2 Å². The summed E-state index contributed by atoms with van der Waals surface area (Å²) >= 11 is 12.8. The highest BCUT2D eigenvalue weighted by Crippen LogP contribution is 2.46. The van der Waals surface area contributed by atoms with Crippen molar-refractivity contribution in [3.05, 3.63) is 75.8 Å². The van der Waals surface area contributed by atoms with Gasteiger partial charge in [0.15, 0.2) is 0 Å². The number of anilines is 1. The van der Waals surface area contributed by atoms with Crippen LogP contribution in [0.4, 0.5) is 5.69 Å². The summed E-state index contributed by atoms with van der Waals surface area (Å²) in [6.07, 6.45) is 1.32. The van der Waals surface area contributed by atoms with Gasteiger partial charge in [-0.2, -0.15) is 0 Å². The average Bonchev–Trinajstić information content (AvgIpc) is 2.65. The molecule has 0 N–H and O–H groups in total. The van der Waals surface area contributed by atoms with E-state index < -0.39 is 0 Å². The van der Waals surface area contributed by atoms with E-state index in [1.165, 1.54) is 16.3 Å². The molecule has 1 aliphatic heterocycles. The van der Waals surface area contributed by atoms with Crippen molar-refractivity contribution in [2.45, 2.75) is 25.7 Å². The number of hydrogen-bond acceptors (Lipinski definition) is 1. The van der Waals surface area contributed by atoms with Gasteiger partial charge in [0.05, 0.1) is 10.0 Å². The lowest BCUT2D eigenvalue weighted by molar-refractivity contribution is -0.119. The van der Waals surface area contributed by atoms with Crippen LogP contribution in [0.2, 0.25) is 10.0 Å². The van der Waals surface area contributed by atoms with Crippen LogP contribution in [0.3, 0.4) is 0 Å². The second kappa shape index (κ2) is 6.94. The lowest BCUT2D eigenvalue weighted by Crippen LogP contribution is -2.37. The number of carbonyl (C=O) groups is 1. The fraction of sp³-hybridized carbons (Fsp3) is 0.227. The van der Waals surface area contributed by atoms with Crippen molar-refractivity contribution in [2.24, 2.45) is 0 Å². The molecule has 0 aromatic heterocycles. The van der Waals surface area contributed by atoms with Crippen LogP contribution in [0.15, 0.2) is 54.6 Å². The molecule has 4 heteroatoms. The fourth-order valence-corrected chi connectivity index (χ4v) is 4.37. The third-order valence-electron chi connectivity index (χ3n) is 5.07. The van der Waals surface area contributed by atoms with Crippen LogP contribution in [-0.4, -0.2) is 12.5 Å². The van der Waals surface area contributed by atoms with Gasteiger partial charge in [-0.25, -0.2) is 0 Å². The van der Waals surface area contributed by atoms with Crippen LogP contribution in [0.5, 0.6) is 0 Å². The molecular weight excluding hydrogens is 365 g/mol. The Morgan fingerprint density at radius 1 is 1.04 bits per heavy atom. The Morgan fingerprint density at radius 2 is 1.85 bits per heavy atom. The minimum atomic E-state index is -0.0945. The van der Waals surface area contributed by atoms with Gasteiger partial charge in [-0.15, -0.1) is 0 Å². The SMILES string of the molecule is CCCN1C(=O)CC(c2cccc(Cl)c2Cl)c2c1ccc1ccccc21. The monoisotopic (exact) mass is 383 g/mol. The molecule has 0 saturated carbocycles. The maximum Gasteiger partial charge on any atom is 0.227 e. The van der Waals surface area contributed by atoms with Gasteiger partial charge < -0.3 is 4.90 Å². The zero-order valence-corrected chi connectivity index (χ0v) is 16.0. The summed E-state index contributed by atoms with van der Waals surface area (Å²) < 4.78 is 0. The standard InChI is InChI=1S/C22H19Cl2NO/c1-2-12-25-19-11-10-14-6-3-4-7-15(14)21(19)17(13-20(25)26)16-8-5-9-18(23)22(16)24/h3-11,17H,2,12-13H2,1H3. The largest absolute Gasteiger partial charge is 0.312 e. The van der Waals surface area contributed by atoms with E-state index >= 15 is 0 Å². The van der Waals surface area contributed by atoms with Gasteiger partial charge in [0.2, 0.25) is 5.91 Å². The molecule has 0 saturated heterocycles. The summed E-state index contributed by atoms with van der Waals surface area (Å²) in [6, 6.07) is 18.1. The second-order valence-corrected chi connectivity index (χ2v) is 7.45. The smallest absolute Gasteiger partial charge is 0.227 e. The first-order valence-electron chi connectivity index (χ1n) is 8.87. The van der Waals surface area contributed by atoms with Crippen LogP contribution in [0.25, 0.3) is 10.8 Å².